The number of aromatic nitrogens is 1. The number of hydrogen-bond acceptors (Lipinski definition) is 2. The van der Waals surface area contributed by atoms with E-state index >= 15 is 0 Å². The highest BCUT2D eigenvalue weighted by Crippen LogP contribution is 2.17. The van der Waals surface area contributed by atoms with E-state index in [1.54, 1.807) is 0 Å². The molecule has 14 heavy (non-hydrogen) atoms. The van der Waals surface area contributed by atoms with Crippen molar-refractivity contribution in [2.24, 2.45) is 0 Å². The molecule has 2 rings (SSSR count). The van der Waals surface area contributed by atoms with Gasteiger partial charge in [0.15, 0.2) is 5.58 Å². The van der Waals surface area contributed by atoms with Crippen LogP contribution in [0.15, 0.2) is 27.4 Å². The lowest BCUT2D eigenvalue weighted by Gasteiger charge is -2.04. The number of oxazole rings is 1. The smallest absolute Gasteiger partial charge is 0.408 e. The molecule has 0 spiro atoms. The minimum Gasteiger partial charge on any atom is -0.408 e. The summed E-state index contributed by atoms with van der Waals surface area (Å²) < 4.78 is 19.3. The van der Waals surface area contributed by atoms with Crippen LogP contribution in [0.5, 0.6) is 0 Å². The average Bonchev–Trinajstić information content (AvgIpc) is 2.40. The first-order chi connectivity index (χ1) is 6.59. The SMILES string of the molecule is CC(C)n1c(=O)oc2ccc(F)cc21. The van der Waals surface area contributed by atoms with Gasteiger partial charge in [-0.05, 0) is 26.0 Å². The minimum atomic E-state index is -0.444. The van der Waals surface area contributed by atoms with Crippen molar-refractivity contribution in [3.05, 3.63) is 34.6 Å². The highest BCUT2D eigenvalue weighted by Gasteiger charge is 2.11. The molecular formula is C10H10FNO2. The second-order valence-corrected chi connectivity index (χ2v) is 3.44. The first-order valence-corrected chi connectivity index (χ1v) is 4.40. The van der Waals surface area contributed by atoms with Gasteiger partial charge in [0.1, 0.15) is 5.82 Å². The normalized spacial score (nSPS) is 11.4. The predicted molar refractivity (Wildman–Crippen MR) is 50.8 cm³/mol. The molecule has 1 aromatic heterocycles. The summed E-state index contributed by atoms with van der Waals surface area (Å²) in [6.45, 7) is 3.70. The molecule has 0 saturated carbocycles. The Morgan fingerprint density at radius 3 is 2.79 bits per heavy atom. The van der Waals surface area contributed by atoms with Gasteiger partial charge in [-0.15, -0.1) is 0 Å². The van der Waals surface area contributed by atoms with Crippen LogP contribution in [-0.4, -0.2) is 4.57 Å². The number of halogens is 1. The van der Waals surface area contributed by atoms with Gasteiger partial charge in [0.25, 0.3) is 0 Å². The molecule has 0 amide bonds. The van der Waals surface area contributed by atoms with Crippen LogP contribution >= 0.6 is 0 Å². The maximum absolute atomic E-state index is 12.9. The fourth-order valence-corrected chi connectivity index (χ4v) is 1.50. The summed E-state index contributed by atoms with van der Waals surface area (Å²) in [4.78, 5) is 11.4. The number of nitrogens with zero attached hydrogens (tertiary/aromatic N) is 1. The fourth-order valence-electron chi connectivity index (χ4n) is 1.50. The van der Waals surface area contributed by atoms with Gasteiger partial charge in [0.2, 0.25) is 0 Å². The van der Waals surface area contributed by atoms with Crippen molar-refractivity contribution >= 4 is 11.1 Å². The maximum atomic E-state index is 12.9. The second kappa shape index (κ2) is 2.97. The van der Waals surface area contributed by atoms with Gasteiger partial charge in [-0.1, -0.05) is 0 Å². The molecule has 74 valence electrons. The molecular weight excluding hydrogens is 185 g/mol. The van der Waals surface area contributed by atoms with Crippen molar-refractivity contribution in [2.45, 2.75) is 19.9 Å². The molecule has 0 atom stereocenters. The summed E-state index contributed by atoms with van der Waals surface area (Å²) in [6, 6.07) is 4.01. The fraction of sp³-hybridized carbons (Fsp3) is 0.300. The molecule has 0 N–H and O–H groups in total. The zero-order chi connectivity index (χ0) is 10.3. The summed E-state index contributed by atoms with van der Waals surface area (Å²) in [5.41, 5.74) is 0.926. The minimum absolute atomic E-state index is 0.0365. The van der Waals surface area contributed by atoms with E-state index in [-0.39, 0.29) is 11.9 Å². The molecule has 3 nitrogen and oxygen atoms in total. The lowest BCUT2D eigenvalue weighted by atomic mass is 10.3. The molecule has 0 unspecified atom stereocenters. The van der Waals surface area contributed by atoms with Crippen molar-refractivity contribution in [3.8, 4) is 0 Å². The van der Waals surface area contributed by atoms with Gasteiger partial charge in [-0.2, -0.15) is 0 Å². The van der Waals surface area contributed by atoms with Crippen molar-refractivity contribution in [1.82, 2.24) is 4.57 Å². The Balaban J connectivity index is 2.86. The number of benzene rings is 1. The van der Waals surface area contributed by atoms with Crippen LogP contribution in [0.2, 0.25) is 0 Å². The molecule has 1 heterocycles. The van der Waals surface area contributed by atoms with Crippen LogP contribution < -0.4 is 5.76 Å². The molecule has 0 saturated heterocycles. The van der Waals surface area contributed by atoms with E-state index in [4.69, 9.17) is 4.42 Å². The van der Waals surface area contributed by atoms with E-state index < -0.39 is 5.76 Å². The van der Waals surface area contributed by atoms with Gasteiger partial charge in [0.05, 0.1) is 5.52 Å². The van der Waals surface area contributed by atoms with Crippen molar-refractivity contribution in [3.63, 3.8) is 0 Å². The third-order valence-electron chi connectivity index (χ3n) is 2.09. The van der Waals surface area contributed by atoms with Gasteiger partial charge >= 0.3 is 5.76 Å². The Morgan fingerprint density at radius 1 is 1.43 bits per heavy atom. The molecule has 0 aliphatic carbocycles. The highest BCUT2D eigenvalue weighted by molar-refractivity contribution is 5.72. The lowest BCUT2D eigenvalue weighted by molar-refractivity contribution is 0.478. The van der Waals surface area contributed by atoms with E-state index in [2.05, 4.69) is 0 Å². The Hall–Kier alpha value is -1.58. The van der Waals surface area contributed by atoms with Crippen molar-refractivity contribution < 1.29 is 8.81 Å². The third kappa shape index (κ3) is 1.23. The van der Waals surface area contributed by atoms with E-state index in [0.29, 0.717) is 11.1 Å². The number of rotatable bonds is 1. The average molecular weight is 195 g/mol. The van der Waals surface area contributed by atoms with Gasteiger partial charge < -0.3 is 4.42 Å². The van der Waals surface area contributed by atoms with Crippen LogP contribution in [0.25, 0.3) is 11.1 Å². The standard InChI is InChI=1S/C10H10FNO2/c1-6(2)12-8-5-7(11)3-4-9(8)14-10(12)13/h3-6H,1-2H3. The van der Waals surface area contributed by atoms with Crippen LogP contribution in [0.3, 0.4) is 0 Å². The highest BCUT2D eigenvalue weighted by atomic mass is 19.1. The molecule has 0 aliphatic heterocycles. The topological polar surface area (TPSA) is 35.1 Å². The molecule has 1 aromatic carbocycles. The molecule has 0 bridgehead atoms. The first-order valence-electron chi connectivity index (χ1n) is 4.40. The summed E-state index contributed by atoms with van der Waals surface area (Å²) in [5, 5.41) is 0. The van der Waals surface area contributed by atoms with Crippen LogP contribution in [0, 0.1) is 5.82 Å². The Morgan fingerprint density at radius 2 is 2.14 bits per heavy atom. The van der Waals surface area contributed by atoms with Crippen LogP contribution in [-0.2, 0) is 0 Å². The van der Waals surface area contributed by atoms with Crippen molar-refractivity contribution in [2.75, 3.05) is 0 Å². The predicted octanol–water partition coefficient (Wildman–Crippen LogP) is 2.31. The zero-order valence-corrected chi connectivity index (χ0v) is 7.95. The van der Waals surface area contributed by atoms with Crippen molar-refractivity contribution in [1.29, 1.82) is 0 Å². The summed E-state index contributed by atoms with van der Waals surface area (Å²) in [5.74, 6) is -0.812. The van der Waals surface area contributed by atoms with Gasteiger partial charge in [-0.25, -0.2) is 9.18 Å². The molecule has 0 radical (unpaired) electrons. The first kappa shape index (κ1) is 8.99. The number of fused-ring (bicyclic) bond motifs is 1. The van der Waals surface area contributed by atoms with Gasteiger partial charge in [0, 0.05) is 12.1 Å². The molecule has 4 heteroatoms. The van der Waals surface area contributed by atoms with E-state index in [0.717, 1.165) is 0 Å². The van der Waals surface area contributed by atoms with Crippen LogP contribution in [0.1, 0.15) is 19.9 Å². The maximum Gasteiger partial charge on any atom is 0.420 e. The molecule has 0 fully saturated rings. The largest absolute Gasteiger partial charge is 0.420 e. The summed E-state index contributed by atoms with van der Waals surface area (Å²) in [7, 11) is 0. The number of hydrogen-bond donors (Lipinski definition) is 0. The molecule has 2 aromatic rings. The van der Waals surface area contributed by atoms with E-state index in [9.17, 15) is 9.18 Å². The Bertz CT molecular complexity index is 524. The monoisotopic (exact) mass is 195 g/mol. The second-order valence-electron chi connectivity index (χ2n) is 3.44. The Labute approximate surface area is 79.8 Å². The Kier molecular flexibility index (Phi) is 1.91. The third-order valence-corrected chi connectivity index (χ3v) is 2.09. The molecule has 0 aliphatic rings. The van der Waals surface area contributed by atoms with Crippen LogP contribution in [0.4, 0.5) is 4.39 Å². The zero-order valence-electron chi connectivity index (χ0n) is 7.95. The van der Waals surface area contributed by atoms with E-state index in [1.807, 2.05) is 13.8 Å². The van der Waals surface area contributed by atoms with E-state index in [1.165, 1.54) is 22.8 Å². The quantitative estimate of drug-likeness (QED) is 0.699. The summed E-state index contributed by atoms with van der Waals surface area (Å²) in [6.07, 6.45) is 0. The summed E-state index contributed by atoms with van der Waals surface area (Å²) >= 11 is 0. The lowest BCUT2D eigenvalue weighted by Crippen LogP contribution is -2.15. The van der Waals surface area contributed by atoms with Gasteiger partial charge in [-0.3, -0.25) is 4.57 Å².